The lowest BCUT2D eigenvalue weighted by atomic mass is 10.1. The molecule has 0 aliphatic rings. The van der Waals surface area contributed by atoms with Crippen LogP contribution in [0.4, 0.5) is 0 Å². The van der Waals surface area contributed by atoms with Crippen LogP contribution in [0.2, 0.25) is 0 Å². The number of carboxylic acid groups (broad SMARTS) is 1. The molecule has 0 bridgehead atoms. The minimum absolute atomic E-state index is 0.364. The van der Waals surface area contributed by atoms with Crippen molar-refractivity contribution in [2.24, 2.45) is 0 Å². The van der Waals surface area contributed by atoms with Crippen LogP contribution in [0.5, 0.6) is 0 Å². The maximum Gasteiger partial charge on any atom is 0.335 e. The number of hydrogen-bond acceptors (Lipinski definition) is 2. The van der Waals surface area contributed by atoms with E-state index in [-0.39, 0.29) is 0 Å². The van der Waals surface area contributed by atoms with Gasteiger partial charge in [0.25, 0.3) is 0 Å². The summed E-state index contributed by atoms with van der Waals surface area (Å²) < 4.78 is 0. The first-order valence-electron chi connectivity index (χ1n) is 5.65. The van der Waals surface area contributed by atoms with Gasteiger partial charge in [0.1, 0.15) is 0 Å². The lowest BCUT2D eigenvalue weighted by molar-refractivity contribution is 0.0696. The monoisotopic (exact) mass is 258 g/mol. The molecule has 0 unspecified atom stereocenters. The van der Waals surface area contributed by atoms with Crippen molar-refractivity contribution in [3.63, 3.8) is 0 Å². The van der Waals surface area contributed by atoms with Gasteiger partial charge in [-0.05, 0) is 49.7 Å². The molecule has 0 fully saturated rings. The number of carboxylic acids is 1. The molecule has 0 heterocycles. The fraction of sp³-hybridized carbons (Fsp3) is 0.133. The molecule has 0 radical (unpaired) electrons. The van der Waals surface area contributed by atoms with Crippen molar-refractivity contribution in [2.45, 2.75) is 23.6 Å². The molecule has 2 nitrogen and oxygen atoms in total. The SMILES string of the molecule is Cc1ccc(Sc2ccc(C(=O)O)c(C)c2)cc1. The van der Waals surface area contributed by atoms with Gasteiger partial charge >= 0.3 is 5.97 Å². The van der Waals surface area contributed by atoms with Crippen molar-refractivity contribution in [3.8, 4) is 0 Å². The maximum atomic E-state index is 10.9. The molecule has 0 saturated heterocycles. The molecule has 0 aliphatic heterocycles. The van der Waals surface area contributed by atoms with Crippen LogP contribution in [-0.2, 0) is 0 Å². The van der Waals surface area contributed by atoms with E-state index in [1.54, 1.807) is 17.8 Å². The first-order chi connectivity index (χ1) is 8.56. The summed E-state index contributed by atoms with van der Waals surface area (Å²) in [6, 6.07) is 13.7. The molecule has 0 amide bonds. The van der Waals surface area contributed by atoms with Gasteiger partial charge in [0.05, 0.1) is 5.56 Å². The molecular weight excluding hydrogens is 244 g/mol. The fourth-order valence-corrected chi connectivity index (χ4v) is 2.60. The second-order valence-corrected chi connectivity index (χ2v) is 5.34. The highest BCUT2D eigenvalue weighted by Crippen LogP contribution is 2.29. The predicted octanol–water partition coefficient (Wildman–Crippen LogP) is 4.15. The van der Waals surface area contributed by atoms with Gasteiger partial charge in [0.15, 0.2) is 0 Å². The van der Waals surface area contributed by atoms with Crippen LogP contribution in [0.15, 0.2) is 52.3 Å². The molecule has 0 atom stereocenters. The summed E-state index contributed by atoms with van der Waals surface area (Å²) in [6.07, 6.45) is 0. The molecule has 2 rings (SSSR count). The highest BCUT2D eigenvalue weighted by Gasteiger charge is 2.07. The summed E-state index contributed by atoms with van der Waals surface area (Å²) in [5.41, 5.74) is 2.39. The average Bonchev–Trinajstić information content (AvgIpc) is 2.32. The lowest BCUT2D eigenvalue weighted by Gasteiger charge is -2.05. The first-order valence-corrected chi connectivity index (χ1v) is 6.46. The van der Waals surface area contributed by atoms with E-state index in [9.17, 15) is 4.79 Å². The van der Waals surface area contributed by atoms with Crippen molar-refractivity contribution in [1.29, 1.82) is 0 Å². The van der Waals surface area contributed by atoms with Crippen LogP contribution in [0.3, 0.4) is 0 Å². The summed E-state index contributed by atoms with van der Waals surface area (Å²) in [6.45, 7) is 3.88. The van der Waals surface area contributed by atoms with E-state index in [4.69, 9.17) is 5.11 Å². The summed E-state index contributed by atoms with van der Waals surface area (Å²) >= 11 is 1.64. The van der Waals surface area contributed by atoms with Gasteiger partial charge in [0.2, 0.25) is 0 Å². The molecule has 0 aromatic heterocycles. The number of hydrogen-bond donors (Lipinski definition) is 1. The van der Waals surface area contributed by atoms with E-state index >= 15 is 0 Å². The maximum absolute atomic E-state index is 10.9. The molecule has 18 heavy (non-hydrogen) atoms. The molecule has 92 valence electrons. The van der Waals surface area contributed by atoms with E-state index in [1.807, 2.05) is 19.1 Å². The zero-order valence-corrected chi connectivity index (χ0v) is 11.1. The molecule has 0 aliphatic carbocycles. The molecule has 0 saturated carbocycles. The number of rotatable bonds is 3. The average molecular weight is 258 g/mol. The topological polar surface area (TPSA) is 37.3 Å². The molecule has 0 spiro atoms. The Hall–Kier alpha value is -1.74. The van der Waals surface area contributed by atoms with Crippen molar-refractivity contribution < 1.29 is 9.90 Å². The summed E-state index contributed by atoms with van der Waals surface area (Å²) in [5, 5.41) is 8.97. The Labute approximate surface area is 111 Å². The predicted molar refractivity (Wildman–Crippen MR) is 73.4 cm³/mol. The van der Waals surface area contributed by atoms with E-state index < -0.39 is 5.97 Å². The highest BCUT2D eigenvalue weighted by atomic mass is 32.2. The van der Waals surface area contributed by atoms with Gasteiger partial charge in [-0.15, -0.1) is 0 Å². The number of aromatic carboxylic acids is 1. The van der Waals surface area contributed by atoms with E-state index in [2.05, 4.69) is 31.2 Å². The van der Waals surface area contributed by atoms with Crippen molar-refractivity contribution in [3.05, 3.63) is 59.2 Å². The van der Waals surface area contributed by atoms with Gasteiger partial charge in [-0.1, -0.05) is 29.5 Å². The summed E-state index contributed by atoms with van der Waals surface area (Å²) in [4.78, 5) is 13.1. The van der Waals surface area contributed by atoms with Crippen molar-refractivity contribution in [1.82, 2.24) is 0 Å². The minimum Gasteiger partial charge on any atom is -0.478 e. The Morgan fingerprint density at radius 3 is 2.17 bits per heavy atom. The molecule has 2 aromatic rings. The fourth-order valence-electron chi connectivity index (χ4n) is 1.68. The second kappa shape index (κ2) is 5.27. The Bertz CT molecular complexity index is 574. The third kappa shape index (κ3) is 2.93. The van der Waals surface area contributed by atoms with Crippen molar-refractivity contribution >= 4 is 17.7 Å². The first kappa shape index (κ1) is 12.7. The summed E-state index contributed by atoms with van der Waals surface area (Å²) in [5.74, 6) is -0.876. The zero-order chi connectivity index (χ0) is 13.1. The van der Waals surface area contributed by atoms with Crippen LogP contribution in [-0.4, -0.2) is 11.1 Å². The standard InChI is InChI=1S/C15H14O2S/c1-10-3-5-12(6-4-10)18-13-7-8-14(15(16)17)11(2)9-13/h3-9H,1-2H3,(H,16,17). The van der Waals surface area contributed by atoms with Gasteiger partial charge in [-0.25, -0.2) is 4.79 Å². The normalized spacial score (nSPS) is 10.3. The third-order valence-electron chi connectivity index (χ3n) is 2.68. The van der Waals surface area contributed by atoms with Gasteiger partial charge < -0.3 is 5.11 Å². The molecule has 1 N–H and O–H groups in total. The lowest BCUT2D eigenvalue weighted by Crippen LogP contribution is -1.98. The second-order valence-electron chi connectivity index (χ2n) is 4.20. The summed E-state index contributed by atoms with van der Waals surface area (Å²) in [7, 11) is 0. The van der Waals surface area contributed by atoms with Crippen LogP contribution in [0.25, 0.3) is 0 Å². The Balaban J connectivity index is 2.22. The molecule has 3 heteroatoms. The van der Waals surface area contributed by atoms with Gasteiger partial charge in [0, 0.05) is 9.79 Å². The van der Waals surface area contributed by atoms with E-state index in [0.717, 1.165) is 15.4 Å². The number of benzene rings is 2. The van der Waals surface area contributed by atoms with Gasteiger partial charge in [-0.3, -0.25) is 0 Å². The van der Waals surface area contributed by atoms with E-state index in [1.165, 1.54) is 5.56 Å². The number of carbonyl (C=O) groups is 1. The van der Waals surface area contributed by atoms with Gasteiger partial charge in [-0.2, -0.15) is 0 Å². The van der Waals surface area contributed by atoms with Crippen LogP contribution in [0.1, 0.15) is 21.5 Å². The molecule has 2 aromatic carbocycles. The minimum atomic E-state index is -0.876. The van der Waals surface area contributed by atoms with Crippen molar-refractivity contribution in [2.75, 3.05) is 0 Å². The smallest absolute Gasteiger partial charge is 0.335 e. The van der Waals surface area contributed by atoms with Crippen LogP contribution < -0.4 is 0 Å². The number of aryl methyl sites for hydroxylation is 2. The molecular formula is C15H14O2S. The Morgan fingerprint density at radius 2 is 1.61 bits per heavy atom. The Kier molecular flexibility index (Phi) is 3.72. The Morgan fingerprint density at radius 1 is 1.00 bits per heavy atom. The largest absolute Gasteiger partial charge is 0.478 e. The highest BCUT2D eigenvalue weighted by molar-refractivity contribution is 7.99. The van der Waals surface area contributed by atoms with E-state index in [0.29, 0.717) is 5.56 Å². The third-order valence-corrected chi connectivity index (χ3v) is 3.68. The quantitative estimate of drug-likeness (QED) is 0.898. The van der Waals surface area contributed by atoms with Crippen LogP contribution >= 0.6 is 11.8 Å². The van der Waals surface area contributed by atoms with Crippen LogP contribution in [0, 0.1) is 13.8 Å². The zero-order valence-electron chi connectivity index (χ0n) is 10.3.